The van der Waals surface area contributed by atoms with E-state index >= 15 is 0 Å². The first kappa shape index (κ1) is 16.9. The van der Waals surface area contributed by atoms with Crippen LogP contribution in [0.3, 0.4) is 0 Å². The Morgan fingerprint density at radius 2 is 1.91 bits per heavy atom. The normalized spacial score (nSPS) is 18.7. The van der Waals surface area contributed by atoms with Gasteiger partial charge in [0.25, 0.3) is 0 Å². The van der Waals surface area contributed by atoms with E-state index in [4.69, 9.17) is 4.74 Å². The lowest BCUT2D eigenvalue weighted by Gasteiger charge is -2.39. The third-order valence-corrected chi connectivity index (χ3v) is 3.18. The summed E-state index contributed by atoms with van der Waals surface area (Å²) in [5.41, 5.74) is -0.660. The molecule has 0 spiro atoms. The number of carboxylic acids is 1. The molecule has 1 saturated heterocycles. The van der Waals surface area contributed by atoms with Crippen LogP contribution in [0, 0.1) is 5.82 Å². The molecule has 1 amide bonds. The highest BCUT2D eigenvalue weighted by Gasteiger charge is 2.37. The molecule has 126 valence electrons. The summed E-state index contributed by atoms with van der Waals surface area (Å²) in [6.45, 7) is 5.62. The molecule has 0 aromatic carbocycles. The van der Waals surface area contributed by atoms with E-state index in [9.17, 15) is 19.1 Å². The van der Waals surface area contributed by atoms with Crippen molar-refractivity contribution >= 4 is 18.0 Å². The lowest BCUT2D eigenvalue weighted by molar-refractivity contribution is -0.139. The lowest BCUT2D eigenvalue weighted by Crippen LogP contribution is -2.59. The van der Waals surface area contributed by atoms with Crippen molar-refractivity contribution < 1.29 is 23.8 Å². The van der Waals surface area contributed by atoms with Gasteiger partial charge in [0, 0.05) is 13.1 Å². The Hall–Kier alpha value is -2.45. The molecule has 1 fully saturated rings. The molecular formula is C14H19FN4O4. The summed E-state index contributed by atoms with van der Waals surface area (Å²) >= 11 is 0. The standard InChI is InChI=1S/C14H19FN4O4/c1-14(2,3)23-13(22)18-4-5-19(10(8-18)11(20)21)12-16-6-9(15)7-17-12/h6-7,10H,4-5,8H2,1-3H3,(H,20,21). The fourth-order valence-electron chi connectivity index (χ4n) is 2.18. The first-order valence-electron chi connectivity index (χ1n) is 7.12. The van der Waals surface area contributed by atoms with Crippen LogP contribution in [0.25, 0.3) is 0 Å². The number of halogens is 1. The zero-order valence-corrected chi connectivity index (χ0v) is 13.2. The van der Waals surface area contributed by atoms with E-state index in [1.807, 2.05) is 0 Å². The molecule has 8 nitrogen and oxygen atoms in total. The summed E-state index contributed by atoms with van der Waals surface area (Å²) in [6.07, 6.45) is 1.38. The third-order valence-electron chi connectivity index (χ3n) is 3.18. The molecule has 0 radical (unpaired) electrons. The summed E-state index contributed by atoms with van der Waals surface area (Å²) in [5.74, 6) is -1.61. The van der Waals surface area contributed by atoms with Crippen LogP contribution in [-0.2, 0) is 9.53 Å². The fourth-order valence-corrected chi connectivity index (χ4v) is 2.18. The molecule has 1 unspecified atom stereocenters. The summed E-state index contributed by atoms with van der Waals surface area (Å²) in [4.78, 5) is 34.0. The molecule has 9 heteroatoms. The number of carboxylic acid groups (broad SMARTS) is 1. The van der Waals surface area contributed by atoms with Gasteiger partial charge in [0.1, 0.15) is 11.6 Å². The summed E-state index contributed by atoms with van der Waals surface area (Å²) < 4.78 is 18.2. The molecule has 1 aromatic rings. The van der Waals surface area contributed by atoms with Gasteiger partial charge in [0.2, 0.25) is 5.95 Å². The number of aliphatic carboxylic acids is 1. The van der Waals surface area contributed by atoms with E-state index in [0.717, 1.165) is 12.4 Å². The SMILES string of the molecule is CC(C)(C)OC(=O)N1CCN(c2ncc(F)cn2)C(C(=O)O)C1. The van der Waals surface area contributed by atoms with Gasteiger partial charge in [0.15, 0.2) is 5.82 Å². The quantitative estimate of drug-likeness (QED) is 0.870. The number of rotatable bonds is 2. The van der Waals surface area contributed by atoms with Crippen LogP contribution in [-0.4, -0.2) is 63.3 Å². The van der Waals surface area contributed by atoms with Gasteiger partial charge in [0.05, 0.1) is 18.9 Å². The molecule has 1 aliphatic heterocycles. The molecule has 2 heterocycles. The van der Waals surface area contributed by atoms with Gasteiger partial charge in [-0.25, -0.2) is 23.9 Å². The maximum atomic E-state index is 12.9. The van der Waals surface area contributed by atoms with E-state index in [1.54, 1.807) is 20.8 Å². The number of carbonyl (C=O) groups is 2. The molecule has 0 saturated carbocycles. The Bertz CT molecular complexity index is 587. The average molecular weight is 326 g/mol. The van der Waals surface area contributed by atoms with E-state index in [1.165, 1.54) is 9.80 Å². The van der Waals surface area contributed by atoms with Crippen molar-refractivity contribution in [1.82, 2.24) is 14.9 Å². The number of aromatic nitrogens is 2. The fraction of sp³-hybridized carbons (Fsp3) is 0.571. The van der Waals surface area contributed by atoms with Gasteiger partial charge in [-0.15, -0.1) is 0 Å². The number of hydrogen-bond donors (Lipinski definition) is 1. The van der Waals surface area contributed by atoms with Gasteiger partial charge in [-0.2, -0.15) is 0 Å². The van der Waals surface area contributed by atoms with Crippen molar-refractivity contribution in [2.75, 3.05) is 24.5 Å². The van der Waals surface area contributed by atoms with Gasteiger partial charge in [-0.3, -0.25) is 0 Å². The second-order valence-electron chi connectivity index (χ2n) is 6.18. The largest absolute Gasteiger partial charge is 0.480 e. The Morgan fingerprint density at radius 1 is 1.30 bits per heavy atom. The Labute approximate surface area is 132 Å². The summed E-state index contributed by atoms with van der Waals surface area (Å²) in [7, 11) is 0. The topological polar surface area (TPSA) is 95.9 Å². The number of hydrogen-bond acceptors (Lipinski definition) is 6. The van der Waals surface area contributed by atoms with Crippen LogP contribution < -0.4 is 4.90 Å². The van der Waals surface area contributed by atoms with Crippen LogP contribution in [0.15, 0.2) is 12.4 Å². The number of piperazine rings is 1. The molecule has 1 N–H and O–H groups in total. The van der Waals surface area contributed by atoms with E-state index in [2.05, 4.69) is 9.97 Å². The first-order chi connectivity index (χ1) is 10.7. The molecule has 1 aliphatic rings. The zero-order valence-electron chi connectivity index (χ0n) is 13.2. The molecular weight excluding hydrogens is 307 g/mol. The van der Waals surface area contributed by atoms with Crippen LogP contribution in [0.2, 0.25) is 0 Å². The first-order valence-corrected chi connectivity index (χ1v) is 7.12. The molecule has 1 atom stereocenters. The van der Waals surface area contributed by atoms with Crippen molar-refractivity contribution in [3.05, 3.63) is 18.2 Å². The van der Waals surface area contributed by atoms with Crippen LogP contribution in [0.5, 0.6) is 0 Å². The highest BCUT2D eigenvalue weighted by atomic mass is 19.1. The zero-order chi connectivity index (χ0) is 17.2. The van der Waals surface area contributed by atoms with Crippen molar-refractivity contribution in [3.8, 4) is 0 Å². The van der Waals surface area contributed by atoms with E-state index in [0.29, 0.717) is 0 Å². The van der Waals surface area contributed by atoms with Crippen LogP contribution >= 0.6 is 0 Å². The molecule has 0 aliphatic carbocycles. The summed E-state index contributed by atoms with van der Waals surface area (Å²) in [6, 6.07) is -1.03. The van der Waals surface area contributed by atoms with E-state index in [-0.39, 0.29) is 25.6 Å². The van der Waals surface area contributed by atoms with Gasteiger partial charge in [-0.1, -0.05) is 0 Å². The van der Waals surface area contributed by atoms with Crippen molar-refractivity contribution in [1.29, 1.82) is 0 Å². The van der Waals surface area contributed by atoms with Gasteiger partial charge in [-0.05, 0) is 20.8 Å². The predicted octanol–water partition coefficient (Wildman–Crippen LogP) is 1.13. The minimum Gasteiger partial charge on any atom is -0.480 e. The van der Waals surface area contributed by atoms with Crippen LogP contribution in [0.1, 0.15) is 20.8 Å². The molecule has 2 rings (SSSR count). The molecule has 23 heavy (non-hydrogen) atoms. The second kappa shape index (κ2) is 6.35. The average Bonchev–Trinajstić information content (AvgIpc) is 2.45. The number of anilines is 1. The van der Waals surface area contributed by atoms with Gasteiger partial charge < -0.3 is 19.6 Å². The molecule has 1 aromatic heterocycles. The number of ether oxygens (including phenoxy) is 1. The Kier molecular flexibility index (Phi) is 4.67. The van der Waals surface area contributed by atoms with Gasteiger partial charge >= 0.3 is 12.1 Å². The predicted molar refractivity (Wildman–Crippen MR) is 78.6 cm³/mol. The Balaban J connectivity index is 2.13. The highest BCUT2D eigenvalue weighted by molar-refractivity contribution is 5.79. The number of carbonyl (C=O) groups excluding carboxylic acids is 1. The molecule has 0 bridgehead atoms. The third kappa shape index (κ3) is 4.27. The maximum Gasteiger partial charge on any atom is 0.410 e. The van der Waals surface area contributed by atoms with Crippen molar-refractivity contribution in [2.24, 2.45) is 0 Å². The number of amides is 1. The number of nitrogens with zero attached hydrogens (tertiary/aromatic N) is 4. The minimum atomic E-state index is -1.12. The Morgan fingerprint density at radius 3 is 2.43 bits per heavy atom. The van der Waals surface area contributed by atoms with Crippen molar-refractivity contribution in [2.45, 2.75) is 32.4 Å². The van der Waals surface area contributed by atoms with Crippen molar-refractivity contribution in [3.63, 3.8) is 0 Å². The smallest absolute Gasteiger partial charge is 0.410 e. The highest BCUT2D eigenvalue weighted by Crippen LogP contribution is 2.19. The summed E-state index contributed by atoms with van der Waals surface area (Å²) in [5, 5.41) is 9.41. The monoisotopic (exact) mass is 326 g/mol. The lowest BCUT2D eigenvalue weighted by atomic mass is 10.1. The second-order valence-corrected chi connectivity index (χ2v) is 6.18. The maximum absolute atomic E-state index is 12.9. The van der Waals surface area contributed by atoms with E-state index < -0.39 is 29.5 Å². The van der Waals surface area contributed by atoms with Crippen LogP contribution in [0.4, 0.5) is 15.1 Å². The minimum absolute atomic E-state index is 0.0645.